The Labute approximate surface area is 96.5 Å². The topological polar surface area (TPSA) is 137 Å². The van der Waals surface area contributed by atoms with Crippen LogP contribution in [-0.2, 0) is 10.0 Å². The van der Waals surface area contributed by atoms with Crippen LogP contribution in [0.3, 0.4) is 0 Å². The fraction of sp³-hybridized carbons (Fsp3) is 0. The Balaban J connectivity index is 2.79. The van der Waals surface area contributed by atoms with Gasteiger partial charge in [0.05, 0.1) is 4.90 Å². The summed E-state index contributed by atoms with van der Waals surface area (Å²) in [5.74, 6) is -0.609. The molecular weight excluding hydrogens is 250 g/mol. The summed E-state index contributed by atoms with van der Waals surface area (Å²) in [5, 5.41) is 10.6. The number of sulfonamides is 1. The van der Waals surface area contributed by atoms with Gasteiger partial charge >= 0.3 is 5.03 Å². The van der Waals surface area contributed by atoms with E-state index in [-0.39, 0.29) is 4.90 Å². The van der Waals surface area contributed by atoms with Crippen LogP contribution in [0.25, 0.3) is 0 Å². The van der Waals surface area contributed by atoms with E-state index in [0.29, 0.717) is 0 Å². The van der Waals surface area contributed by atoms with Crippen molar-refractivity contribution in [1.29, 1.82) is 0 Å². The zero-order valence-corrected chi connectivity index (χ0v) is 9.26. The highest BCUT2D eigenvalue weighted by molar-refractivity contribution is 7.89. The number of nitrogens with zero attached hydrogens (tertiary/aromatic N) is 2. The summed E-state index contributed by atoms with van der Waals surface area (Å²) in [5.41, 5.74) is 6.67. The highest BCUT2D eigenvalue weighted by Crippen LogP contribution is 2.06. The molecule has 0 saturated heterocycles. The first kappa shape index (κ1) is 12.7. The van der Waals surface area contributed by atoms with E-state index >= 15 is 0 Å². The van der Waals surface area contributed by atoms with E-state index in [1.165, 1.54) is 24.3 Å². The number of nitrogens with one attached hydrogen (secondary N) is 2. The van der Waals surface area contributed by atoms with E-state index in [1.807, 2.05) is 0 Å². The van der Waals surface area contributed by atoms with Gasteiger partial charge < -0.3 is 5.73 Å². The molecule has 0 atom stereocenters. The van der Waals surface area contributed by atoms with Crippen molar-refractivity contribution in [3.05, 3.63) is 35.2 Å². The van der Waals surface area contributed by atoms with Crippen LogP contribution in [0.2, 0.25) is 0 Å². The van der Waals surface area contributed by atoms with Crippen molar-refractivity contribution in [2.24, 2.45) is 10.8 Å². The monoisotopic (exact) mass is 260 g/mol. The maximum atomic E-state index is 11.6. The number of hydrazone groups is 1. The predicted molar refractivity (Wildman–Crippen MR) is 56.9 cm³/mol. The maximum absolute atomic E-state index is 11.6. The second kappa shape index (κ2) is 5.12. The van der Waals surface area contributed by atoms with Crippen LogP contribution in [0.1, 0.15) is 0 Å². The van der Waals surface area contributed by atoms with Crippen molar-refractivity contribution < 1.29 is 18.7 Å². The maximum Gasteiger partial charge on any atom is 0.362 e. The lowest BCUT2D eigenvalue weighted by Gasteiger charge is -2.02. The standard InChI is InChI=1S/C7H10N5O4S/c8-7(10-12(13)14)9-11-17(15,16)6-4-2-1-3-5-6/h1-5,11H,(H,13,14)(H3,8,9,10)/q+1. The largest absolute Gasteiger partial charge is 0.364 e. The molecule has 1 aromatic carbocycles. The molecule has 9 nitrogen and oxygen atoms in total. The molecule has 0 amide bonds. The number of hydrogen-bond donors (Lipinski definition) is 4. The molecule has 0 aliphatic carbocycles. The Morgan fingerprint density at radius 3 is 2.47 bits per heavy atom. The number of rotatable bonds is 4. The average Bonchev–Trinajstić information content (AvgIpc) is 2.27. The first-order valence-corrected chi connectivity index (χ1v) is 5.73. The third-order valence-electron chi connectivity index (χ3n) is 1.55. The molecule has 5 N–H and O–H groups in total. The minimum atomic E-state index is -3.85. The summed E-state index contributed by atoms with van der Waals surface area (Å²) in [6, 6.07) is 7.43. The summed E-state index contributed by atoms with van der Waals surface area (Å²) in [7, 11) is -3.85. The van der Waals surface area contributed by atoms with E-state index in [9.17, 15) is 13.3 Å². The van der Waals surface area contributed by atoms with Gasteiger partial charge in [0.1, 0.15) is 4.91 Å². The molecular formula is C7H10N5O4S+. The smallest absolute Gasteiger partial charge is 0.362 e. The molecule has 92 valence electrons. The van der Waals surface area contributed by atoms with Crippen LogP contribution in [0, 0.1) is 4.91 Å². The Bertz CT molecular complexity index is 526. The van der Waals surface area contributed by atoms with Crippen molar-refractivity contribution in [3.63, 3.8) is 0 Å². The van der Waals surface area contributed by atoms with Gasteiger partial charge in [-0.3, -0.25) is 0 Å². The molecule has 1 aromatic rings. The van der Waals surface area contributed by atoms with Gasteiger partial charge in [-0.15, -0.1) is 5.10 Å². The molecule has 0 radical (unpaired) electrons. The summed E-state index contributed by atoms with van der Waals surface area (Å²) >= 11 is 0. The number of hydrogen-bond acceptors (Lipinski definition) is 4. The predicted octanol–water partition coefficient (Wildman–Crippen LogP) is -1.13. The lowest BCUT2D eigenvalue weighted by atomic mass is 10.4. The molecule has 0 aliphatic heterocycles. The van der Waals surface area contributed by atoms with Gasteiger partial charge in [0.25, 0.3) is 16.0 Å². The van der Waals surface area contributed by atoms with Crippen molar-refractivity contribution in [3.8, 4) is 0 Å². The molecule has 0 heterocycles. The van der Waals surface area contributed by atoms with Crippen LogP contribution in [0.15, 0.2) is 40.3 Å². The fourth-order valence-electron chi connectivity index (χ4n) is 0.885. The van der Waals surface area contributed by atoms with Crippen molar-refractivity contribution in [1.82, 2.24) is 10.3 Å². The summed E-state index contributed by atoms with van der Waals surface area (Å²) in [6.07, 6.45) is 0. The van der Waals surface area contributed by atoms with Crippen LogP contribution >= 0.6 is 0 Å². The van der Waals surface area contributed by atoms with Crippen molar-refractivity contribution in [2.45, 2.75) is 4.90 Å². The quantitative estimate of drug-likeness (QED) is 0.307. The second-order valence-electron chi connectivity index (χ2n) is 2.79. The molecule has 0 unspecified atom stereocenters. The van der Waals surface area contributed by atoms with Gasteiger partial charge in [0, 0.05) is 0 Å². The Morgan fingerprint density at radius 1 is 1.35 bits per heavy atom. The molecule has 10 heteroatoms. The molecule has 0 spiro atoms. The lowest BCUT2D eigenvalue weighted by molar-refractivity contribution is -0.822. The third kappa shape index (κ3) is 3.95. The molecule has 0 aliphatic rings. The molecule has 1 rings (SSSR count). The Hall–Kier alpha value is -2.36. The molecule has 0 aromatic heterocycles. The minimum Gasteiger partial charge on any atom is -0.364 e. The number of guanidine groups is 1. The molecule has 0 bridgehead atoms. The van der Waals surface area contributed by atoms with E-state index < -0.39 is 21.0 Å². The van der Waals surface area contributed by atoms with Gasteiger partial charge in [0.15, 0.2) is 0 Å². The van der Waals surface area contributed by atoms with E-state index in [1.54, 1.807) is 16.3 Å². The Kier molecular flexibility index (Phi) is 3.82. The zero-order chi connectivity index (χ0) is 12.9. The summed E-state index contributed by atoms with van der Waals surface area (Å²) in [6.45, 7) is 0. The van der Waals surface area contributed by atoms with E-state index in [0.717, 1.165) is 0 Å². The SMILES string of the molecule is N/C(=N\NS(=O)(=O)c1ccccc1)N[N+](=O)O. The van der Waals surface area contributed by atoms with Crippen LogP contribution in [0.5, 0.6) is 0 Å². The highest BCUT2D eigenvalue weighted by Gasteiger charge is 2.13. The lowest BCUT2D eigenvalue weighted by Crippen LogP contribution is -2.39. The first-order chi connectivity index (χ1) is 7.92. The van der Waals surface area contributed by atoms with E-state index in [4.69, 9.17) is 10.9 Å². The molecule has 0 saturated carbocycles. The fourth-order valence-corrected chi connectivity index (χ4v) is 1.72. The second-order valence-corrected chi connectivity index (χ2v) is 4.45. The Morgan fingerprint density at radius 2 is 1.94 bits per heavy atom. The van der Waals surface area contributed by atoms with Crippen LogP contribution in [-0.4, -0.2) is 24.6 Å². The normalized spacial score (nSPS) is 11.9. The van der Waals surface area contributed by atoms with Gasteiger partial charge in [0.2, 0.25) is 0 Å². The molecule has 0 fully saturated rings. The van der Waals surface area contributed by atoms with Gasteiger partial charge in [-0.05, 0) is 17.6 Å². The summed E-state index contributed by atoms with van der Waals surface area (Å²) in [4.78, 5) is 11.8. The van der Waals surface area contributed by atoms with Gasteiger partial charge in [-0.2, -0.15) is 13.2 Å². The van der Waals surface area contributed by atoms with Crippen molar-refractivity contribution in [2.75, 3.05) is 0 Å². The molecule has 17 heavy (non-hydrogen) atoms. The number of benzene rings is 1. The first-order valence-electron chi connectivity index (χ1n) is 4.24. The summed E-state index contributed by atoms with van der Waals surface area (Å²) < 4.78 is 23.1. The average molecular weight is 260 g/mol. The van der Waals surface area contributed by atoms with Crippen molar-refractivity contribution >= 4 is 16.0 Å². The van der Waals surface area contributed by atoms with Crippen LogP contribution in [0.4, 0.5) is 0 Å². The zero-order valence-electron chi connectivity index (χ0n) is 8.44. The van der Waals surface area contributed by atoms with Gasteiger partial charge in [-0.1, -0.05) is 18.2 Å². The van der Waals surface area contributed by atoms with Crippen LogP contribution < -0.4 is 16.0 Å². The third-order valence-corrected chi connectivity index (χ3v) is 2.77. The van der Waals surface area contributed by atoms with Gasteiger partial charge in [-0.25, -0.2) is 5.21 Å². The number of nitrogens with two attached hydrogens (primary N) is 1. The minimum absolute atomic E-state index is 0.0143. The van der Waals surface area contributed by atoms with E-state index in [2.05, 4.69) is 5.10 Å². The number of hydrazine groups is 1. The highest BCUT2D eigenvalue weighted by atomic mass is 32.2.